The van der Waals surface area contributed by atoms with E-state index in [0.717, 1.165) is 5.56 Å². The molecule has 0 aliphatic rings. The molecule has 0 saturated heterocycles. The number of carbonyl (C=O) groups excluding carboxylic acids is 2. The topological polar surface area (TPSA) is 96.2 Å². The summed E-state index contributed by atoms with van der Waals surface area (Å²) in [5.74, 6) is -0.0607. The molecule has 0 heterocycles. The van der Waals surface area contributed by atoms with Gasteiger partial charge in [0.1, 0.15) is 0 Å². The van der Waals surface area contributed by atoms with Gasteiger partial charge in [-0.3, -0.25) is 4.79 Å². The summed E-state index contributed by atoms with van der Waals surface area (Å²) in [4.78, 5) is 22.3. The van der Waals surface area contributed by atoms with Crippen molar-refractivity contribution in [2.75, 3.05) is 18.9 Å². The third-order valence-electron chi connectivity index (χ3n) is 2.65. The van der Waals surface area contributed by atoms with Gasteiger partial charge in [0.25, 0.3) is 0 Å². The van der Waals surface area contributed by atoms with Gasteiger partial charge in [-0.1, -0.05) is 19.1 Å². The molecule has 1 aromatic rings. The molecule has 6 nitrogen and oxygen atoms in total. The monoisotopic (exact) mass is 264 g/mol. The summed E-state index contributed by atoms with van der Waals surface area (Å²) in [5.41, 5.74) is 6.60. The van der Waals surface area contributed by atoms with Crippen LogP contribution in [0.3, 0.4) is 0 Å². The number of rotatable bonds is 6. The van der Waals surface area contributed by atoms with Gasteiger partial charge >= 0.3 is 6.03 Å². The minimum absolute atomic E-state index is 0.00804. The molecular weight excluding hydrogens is 244 g/mol. The Balaban J connectivity index is 2.45. The minimum Gasteiger partial charge on any atom is -0.352 e. The van der Waals surface area contributed by atoms with E-state index in [1.54, 1.807) is 12.1 Å². The second-order valence-electron chi connectivity index (χ2n) is 4.36. The summed E-state index contributed by atoms with van der Waals surface area (Å²) in [6.45, 7) is 2.97. The van der Waals surface area contributed by atoms with Crippen molar-refractivity contribution >= 4 is 17.6 Å². The second kappa shape index (κ2) is 7.38. The number of urea groups is 1. The van der Waals surface area contributed by atoms with E-state index in [1.165, 1.54) is 0 Å². The largest absolute Gasteiger partial charge is 0.352 e. The quantitative estimate of drug-likeness (QED) is 0.607. The highest BCUT2D eigenvalue weighted by molar-refractivity contribution is 5.87. The Morgan fingerprint density at radius 1 is 1.26 bits per heavy atom. The number of nitrogens with two attached hydrogens (primary N) is 1. The van der Waals surface area contributed by atoms with Crippen molar-refractivity contribution < 1.29 is 9.59 Å². The molecule has 1 unspecified atom stereocenters. The number of benzene rings is 1. The summed E-state index contributed by atoms with van der Waals surface area (Å²) in [6.07, 6.45) is 0. The van der Waals surface area contributed by atoms with E-state index >= 15 is 0 Å². The van der Waals surface area contributed by atoms with Gasteiger partial charge in [-0.05, 0) is 24.7 Å². The first-order chi connectivity index (χ1) is 9.02. The third-order valence-corrected chi connectivity index (χ3v) is 2.65. The molecule has 19 heavy (non-hydrogen) atoms. The van der Waals surface area contributed by atoms with E-state index in [9.17, 15) is 9.59 Å². The molecule has 3 amide bonds. The zero-order chi connectivity index (χ0) is 14.3. The van der Waals surface area contributed by atoms with Gasteiger partial charge in [-0.25, -0.2) is 4.79 Å². The molecular formula is C13H20N4O2. The summed E-state index contributed by atoms with van der Waals surface area (Å²) < 4.78 is 0. The summed E-state index contributed by atoms with van der Waals surface area (Å²) in [6, 6.07) is 6.54. The highest BCUT2D eigenvalue weighted by Gasteiger charge is 2.10. The molecule has 0 aliphatic heterocycles. The molecule has 104 valence electrons. The Bertz CT molecular complexity index is 431. The molecule has 1 rings (SSSR count). The highest BCUT2D eigenvalue weighted by atomic mass is 16.2. The fourth-order valence-electron chi connectivity index (χ4n) is 1.61. The molecule has 0 fully saturated rings. The predicted molar refractivity (Wildman–Crippen MR) is 74.6 cm³/mol. The van der Waals surface area contributed by atoms with Crippen LogP contribution in [0.1, 0.15) is 12.5 Å². The van der Waals surface area contributed by atoms with Crippen molar-refractivity contribution in [1.29, 1.82) is 0 Å². The first-order valence-corrected chi connectivity index (χ1v) is 6.10. The van der Waals surface area contributed by atoms with Crippen molar-refractivity contribution in [3.63, 3.8) is 0 Å². The third kappa shape index (κ3) is 5.39. The zero-order valence-corrected chi connectivity index (χ0v) is 11.2. The molecule has 6 heteroatoms. The summed E-state index contributed by atoms with van der Waals surface area (Å²) in [7, 11) is 1.81. The van der Waals surface area contributed by atoms with Crippen LogP contribution < -0.4 is 21.7 Å². The molecule has 1 aromatic carbocycles. The van der Waals surface area contributed by atoms with Crippen molar-refractivity contribution in [1.82, 2.24) is 10.6 Å². The molecule has 0 aromatic heterocycles. The minimum atomic E-state index is -0.595. The van der Waals surface area contributed by atoms with Crippen LogP contribution in [0.2, 0.25) is 0 Å². The van der Waals surface area contributed by atoms with E-state index in [-0.39, 0.29) is 11.8 Å². The van der Waals surface area contributed by atoms with Gasteiger partial charge in [0.05, 0.1) is 0 Å². The number of hydrogen-bond acceptors (Lipinski definition) is 3. The van der Waals surface area contributed by atoms with Crippen molar-refractivity contribution in [3.05, 3.63) is 29.8 Å². The average molecular weight is 264 g/mol. The number of amides is 3. The maximum Gasteiger partial charge on any atom is 0.316 e. The Hall–Kier alpha value is -2.08. The van der Waals surface area contributed by atoms with Gasteiger partial charge in [0.2, 0.25) is 5.91 Å². The van der Waals surface area contributed by atoms with Gasteiger partial charge in [-0.15, -0.1) is 0 Å². The van der Waals surface area contributed by atoms with Crippen LogP contribution in [0.15, 0.2) is 24.3 Å². The van der Waals surface area contributed by atoms with Crippen molar-refractivity contribution in [2.24, 2.45) is 11.7 Å². The molecule has 0 bridgehead atoms. The first kappa shape index (κ1) is 15.0. The van der Waals surface area contributed by atoms with Gasteiger partial charge in [0.15, 0.2) is 0 Å². The second-order valence-corrected chi connectivity index (χ2v) is 4.36. The van der Waals surface area contributed by atoms with Crippen LogP contribution in [0.4, 0.5) is 10.5 Å². The lowest BCUT2D eigenvalue weighted by Crippen LogP contribution is -2.33. The number of carbonyl (C=O) groups is 2. The standard InChI is InChI=1S/C13H20N4O2/c1-9(7-15-2)12(18)16-8-10-3-5-11(6-4-10)17-13(14)19/h3-6,9,15H,7-8H2,1-2H3,(H,16,18)(H3,14,17,19). The Morgan fingerprint density at radius 2 is 1.89 bits per heavy atom. The number of primary amides is 1. The molecule has 0 spiro atoms. The zero-order valence-electron chi connectivity index (χ0n) is 11.2. The van der Waals surface area contributed by atoms with E-state index in [0.29, 0.717) is 18.8 Å². The van der Waals surface area contributed by atoms with E-state index in [1.807, 2.05) is 26.1 Å². The summed E-state index contributed by atoms with van der Waals surface area (Å²) >= 11 is 0. The fraction of sp³-hybridized carbons (Fsp3) is 0.385. The average Bonchev–Trinajstić information content (AvgIpc) is 2.37. The van der Waals surface area contributed by atoms with Crippen LogP contribution in [0.25, 0.3) is 0 Å². The smallest absolute Gasteiger partial charge is 0.316 e. The Morgan fingerprint density at radius 3 is 2.42 bits per heavy atom. The van der Waals surface area contributed by atoms with E-state index in [2.05, 4.69) is 16.0 Å². The molecule has 5 N–H and O–H groups in total. The maximum atomic E-state index is 11.7. The van der Waals surface area contributed by atoms with E-state index < -0.39 is 6.03 Å². The molecule has 0 saturated carbocycles. The molecule has 1 atom stereocenters. The lowest BCUT2D eigenvalue weighted by atomic mass is 10.1. The van der Waals surface area contributed by atoms with Gasteiger partial charge in [-0.2, -0.15) is 0 Å². The van der Waals surface area contributed by atoms with Crippen LogP contribution in [0, 0.1) is 5.92 Å². The van der Waals surface area contributed by atoms with Crippen molar-refractivity contribution in [3.8, 4) is 0 Å². The van der Waals surface area contributed by atoms with Crippen LogP contribution >= 0.6 is 0 Å². The van der Waals surface area contributed by atoms with Crippen LogP contribution in [-0.2, 0) is 11.3 Å². The van der Waals surface area contributed by atoms with Crippen LogP contribution in [-0.4, -0.2) is 25.5 Å². The predicted octanol–water partition coefficient (Wildman–Crippen LogP) is 0.649. The lowest BCUT2D eigenvalue weighted by molar-refractivity contribution is -0.124. The van der Waals surface area contributed by atoms with E-state index in [4.69, 9.17) is 5.73 Å². The normalized spacial score (nSPS) is 11.7. The maximum absolute atomic E-state index is 11.7. The fourth-order valence-corrected chi connectivity index (χ4v) is 1.61. The SMILES string of the molecule is CNCC(C)C(=O)NCc1ccc(NC(N)=O)cc1. The number of anilines is 1. The van der Waals surface area contributed by atoms with Crippen LogP contribution in [0.5, 0.6) is 0 Å². The molecule has 0 aliphatic carbocycles. The lowest BCUT2D eigenvalue weighted by Gasteiger charge is -2.11. The number of hydrogen-bond donors (Lipinski definition) is 4. The Kier molecular flexibility index (Phi) is 5.81. The first-order valence-electron chi connectivity index (χ1n) is 6.10. The Labute approximate surface area is 112 Å². The van der Waals surface area contributed by atoms with Gasteiger partial charge < -0.3 is 21.7 Å². The number of nitrogens with one attached hydrogen (secondary N) is 3. The van der Waals surface area contributed by atoms with Crippen molar-refractivity contribution in [2.45, 2.75) is 13.5 Å². The molecule has 0 radical (unpaired) electrons. The highest BCUT2D eigenvalue weighted by Crippen LogP contribution is 2.09. The summed E-state index contributed by atoms with van der Waals surface area (Å²) in [5, 5.41) is 8.29. The van der Waals surface area contributed by atoms with Gasteiger partial charge in [0, 0.05) is 24.7 Å².